The molecule has 25 heavy (non-hydrogen) atoms. The average molecular weight is 349 g/mol. The van der Waals surface area contributed by atoms with Crippen molar-refractivity contribution >= 4 is 16.9 Å². The van der Waals surface area contributed by atoms with Crippen molar-refractivity contribution in [2.45, 2.75) is 12.9 Å². The number of hydrogen-bond donors (Lipinski definition) is 1. The molecular weight excluding hydrogens is 335 g/mol. The molecule has 1 heterocycles. The highest BCUT2D eigenvalue weighted by atomic mass is 19.4. The number of benzene rings is 2. The number of hydrogen-bond acceptors (Lipinski definition) is 4. The molecule has 8 heteroatoms. The minimum absolute atomic E-state index is 0.246. The van der Waals surface area contributed by atoms with Gasteiger partial charge >= 0.3 is 6.36 Å². The number of rotatable bonds is 4. The van der Waals surface area contributed by atoms with Crippen LogP contribution in [-0.2, 0) is 6.54 Å². The van der Waals surface area contributed by atoms with Crippen molar-refractivity contribution in [1.29, 1.82) is 0 Å². The predicted molar refractivity (Wildman–Crippen MR) is 87.6 cm³/mol. The molecule has 0 aliphatic rings. The van der Waals surface area contributed by atoms with Gasteiger partial charge in [-0.15, -0.1) is 13.2 Å². The lowest BCUT2D eigenvalue weighted by molar-refractivity contribution is -0.274. The van der Waals surface area contributed by atoms with Crippen molar-refractivity contribution in [2.75, 3.05) is 11.9 Å². The Labute approximate surface area is 140 Å². The summed E-state index contributed by atoms with van der Waals surface area (Å²) >= 11 is 0. The van der Waals surface area contributed by atoms with E-state index in [1.54, 1.807) is 42.3 Å². The molecule has 0 saturated heterocycles. The molecular formula is C17H14F3N3O2. The van der Waals surface area contributed by atoms with E-state index in [-0.39, 0.29) is 17.9 Å². The quantitative estimate of drug-likeness (QED) is 0.784. The average Bonchev–Trinajstić information content (AvgIpc) is 2.53. The fourth-order valence-corrected chi connectivity index (χ4v) is 2.44. The molecule has 1 aromatic heterocycles. The second-order valence-corrected chi connectivity index (χ2v) is 5.46. The van der Waals surface area contributed by atoms with Gasteiger partial charge in [0.25, 0.3) is 5.56 Å². The Hall–Kier alpha value is -3.03. The first-order valence-corrected chi connectivity index (χ1v) is 7.37. The minimum atomic E-state index is -4.74. The number of anilines is 1. The fraction of sp³-hybridized carbons (Fsp3) is 0.176. The summed E-state index contributed by atoms with van der Waals surface area (Å²) in [6.45, 7) is 0.246. The molecule has 0 saturated carbocycles. The number of H-pyrrole nitrogens is 1. The van der Waals surface area contributed by atoms with Crippen LogP contribution in [0.4, 0.5) is 19.1 Å². The number of para-hydroxylation sites is 1. The third-order valence-electron chi connectivity index (χ3n) is 3.51. The summed E-state index contributed by atoms with van der Waals surface area (Å²) in [5, 5.41) is 0.472. The molecule has 0 unspecified atom stereocenters. The Morgan fingerprint density at radius 2 is 1.92 bits per heavy atom. The van der Waals surface area contributed by atoms with Gasteiger partial charge in [0.05, 0.1) is 10.9 Å². The molecule has 0 bridgehead atoms. The highest BCUT2D eigenvalue weighted by Crippen LogP contribution is 2.24. The first kappa shape index (κ1) is 16.8. The SMILES string of the molecule is CN(Cc1cccc(OC(F)(F)F)c1)c1nc2ccccc2c(=O)[nH]1. The molecule has 2 aromatic carbocycles. The third kappa shape index (κ3) is 4.09. The summed E-state index contributed by atoms with van der Waals surface area (Å²) in [6, 6.07) is 12.6. The van der Waals surface area contributed by atoms with Crippen LogP contribution in [-0.4, -0.2) is 23.4 Å². The largest absolute Gasteiger partial charge is 0.573 e. The van der Waals surface area contributed by atoms with Crippen LogP contribution in [0, 0.1) is 0 Å². The van der Waals surface area contributed by atoms with Gasteiger partial charge in [0, 0.05) is 13.6 Å². The van der Waals surface area contributed by atoms with E-state index in [0.717, 1.165) is 0 Å². The monoisotopic (exact) mass is 349 g/mol. The first-order chi connectivity index (χ1) is 11.8. The number of nitrogens with zero attached hydrogens (tertiary/aromatic N) is 2. The van der Waals surface area contributed by atoms with Crippen LogP contribution in [0.2, 0.25) is 0 Å². The van der Waals surface area contributed by atoms with E-state index in [4.69, 9.17) is 0 Å². The smallest absolute Gasteiger partial charge is 0.406 e. The molecule has 130 valence electrons. The van der Waals surface area contributed by atoms with E-state index in [1.807, 2.05) is 0 Å². The number of aromatic nitrogens is 2. The van der Waals surface area contributed by atoms with Gasteiger partial charge in [0.2, 0.25) is 5.95 Å². The molecule has 3 rings (SSSR count). The summed E-state index contributed by atoms with van der Waals surface area (Å²) in [7, 11) is 1.68. The number of halogens is 3. The van der Waals surface area contributed by atoms with E-state index >= 15 is 0 Å². The summed E-state index contributed by atoms with van der Waals surface area (Å²) < 4.78 is 40.8. The van der Waals surface area contributed by atoms with Gasteiger partial charge in [0.15, 0.2) is 0 Å². The highest BCUT2D eigenvalue weighted by molar-refractivity contribution is 5.78. The number of alkyl halides is 3. The van der Waals surface area contributed by atoms with Gasteiger partial charge in [-0.25, -0.2) is 4.98 Å². The molecule has 0 aliphatic heterocycles. The summed E-state index contributed by atoms with van der Waals surface area (Å²) in [5.74, 6) is 0.0317. The lowest BCUT2D eigenvalue weighted by Gasteiger charge is -2.18. The Bertz CT molecular complexity index is 954. The van der Waals surface area contributed by atoms with Crippen molar-refractivity contribution in [1.82, 2.24) is 9.97 Å². The summed E-state index contributed by atoms with van der Waals surface area (Å²) in [4.78, 5) is 20.8. The normalized spacial score (nSPS) is 11.5. The topological polar surface area (TPSA) is 58.2 Å². The number of aromatic amines is 1. The van der Waals surface area contributed by atoms with Crippen molar-refractivity contribution in [3.63, 3.8) is 0 Å². The fourth-order valence-electron chi connectivity index (χ4n) is 2.44. The molecule has 0 atom stereocenters. The van der Waals surface area contributed by atoms with Crippen LogP contribution in [0.5, 0.6) is 5.75 Å². The minimum Gasteiger partial charge on any atom is -0.406 e. The van der Waals surface area contributed by atoms with Gasteiger partial charge in [0.1, 0.15) is 5.75 Å². The predicted octanol–water partition coefficient (Wildman–Crippen LogP) is 3.46. The number of ether oxygens (including phenoxy) is 1. The van der Waals surface area contributed by atoms with E-state index < -0.39 is 6.36 Å². The Kier molecular flexibility index (Phi) is 4.35. The van der Waals surface area contributed by atoms with Crippen LogP contribution in [0.15, 0.2) is 53.3 Å². The zero-order valence-corrected chi connectivity index (χ0v) is 13.2. The molecule has 1 N–H and O–H groups in total. The molecule has 0 amide bonds. The van der Waals surface area contributed by atoms with Crippen LogP contribution in [0.1, 0.15) is 5.56 Å². The maximum absolute atomic E-state index is 12.3. The molecule has 0 spiro atoms. The van der Waals surface area contributed by atoms with Crippen molar-refractivity contribution in [3.8, 4) is 5.75 Å². The lowest BCUT2D eigenvalue weighted by Crippen LogP contribution is -2.23. The Balaban J connectivity index is 1.84. The molecule has 0 aliphatic carbocycles. The zero-order valence-electron chi connectivity index (χ0n) is 13.2. The van der Waals surface area contributed by atoms with Gasteiger partial charge in [-0.2, -0.15) is 0 Å². The van der Waals surface area contributed by atoms with Gasteiger partial charge in [-0.05, 0) is 29.8 Å². The molecule has 0 fully saturated rings. The molecule has 0 radical (unpaired) electrons. The molecule has 3 aromatic rings. The first-order valence-electron chi connectivity index (χ1n) is 7.37. The van der Waals surface area contributed by atoms with E-state index in [2.05, 4.69) is 14.7 Å². The van der Waals surface area contributed by atoms with Gasteiger partial charge < -0.3 is 9.64 Å². The van der Waals surface area contributed by atoms with Crippen LogP contribution in [0.25, 0.3) is 10.9 Å². The van der Waals surface area contributed by atoms with Crippen molar-refractivity contribution in [2.24, 2.45) is 0 Å². The second-order valence-electron chi connectivity index (χ2n) is 5.46. The van der Waals surface area contributed by atoms with E-state index in [9.17, 15) is 18.0 Å². The van der Waals surface area contributed by atoms with Gasteiger partial charge in [-0.3, -0.25) is 9.78 Å². The van der Waals surface area contributed by atoms with E-state index in [0.29, 0.717) is 22.4 Å². The van der Waals surface area contributed by atoms with Gasteiger partial charge in [-0.1, -0.05) is 24.3 Å². The zero-order chi connectivity index (χ0) is 18.0. The summed E-state index contributed by atoms with van der Waals surface area (Å²) in [5.41, 5.74) is 0.851. The van der Waals surface area contributed by atoms with Crippen molar-refractivity contribution < 1.29 is 17.9 Å². The third-order valence-corrected chi connectivity index (χ3v) is 3.51. The van der Waals surface area contributed by atoms with Crippen molar-refractivity contribution in [3.05, 3.63) is 64.4 Å². The van der Waals surface area contributed by atoms with Crippen LogP contribution in [0.3, 0.4) is 0 Å². The van der Waals surface area contributed by atoms with Crippen LogP contribution < -0.4 is 15.2 Å². The highest BCUT2D eigenvalue weighted by Gasteiger charge is 2.31. The summed E-state index contributed by atoms with van der Waals surface area (Å²) in [6.07, 6.45) is -4.74. The lowest BCUT2D eigenvalue weighted by atomic mass is 10.2. The number of nitrogens with one attached hydrogen (secondary N) is 1. The molecule has 5 nitrogen and oxygen atoms in total. The maximum Gasteiger partial charge on any atom is 0.573 e. The maximum atomic E-state index is 12.3. The van der Waals surface area contributed by atoms with E-state index in [1.165, 1.54) is 18.2 Å². The Morgan fingerprint density at radius 3 is 2.68 bits per heavy atom. The Morgan fingerprint density at radius 1 is 1.16 bits per heavy atom. The van der Waals surface area contributed by atoms with Crippen LogP contribution >= 0.6 is 0 Å². The second kappa shape index (κ2) is 6.46. The number of fused-ring (bicyclic) bond motifs is 1. The standard InChI is InChI=1S/C17H14F3N3O2/c1-23(10-11-5-4-6-12(9-11)25-17(18,19)20)16-21-14-8-3-2-7-13(14)15(24)22-16/h2-9H,10H2,1H3,(H,21,22,24).